The highest BCUT2D eigenvalue weighted by molar-refractivity contribution is 7.90. The third kappa shape index (κ3) is 5.33. The molecule has 0 saturated carbocycles. The molecule has 12 heteroatoms. The maximum absolute atomic E-state index is 13.6. The Labute approximate surface area is 219 Å². The molecule has 1 aliphatic rings. The van der Waals surface area contributed by atoms with E-state index >= 15 is 0 Å². The molecule has 0 aliphatic carbocycles. The highest BCUT2D eigenvalue weighted by atomic mass is 32.2. The highest BCUT2D eigenvalue weighted by Gasteiger charge is 2.27. The number of sulfonamides is 1. The molecule has 9 nitrogen and oxygen atoms in total. The van der Waals surface area contributed by atoms with E-state index in [1.165, 1.54) is 57.1 Å². The van der Waals surface area contributed by atoms with Gasteiger partial charge in [0.05, 0.1) is 32.8 Å². The van der Waals surface area contributed by atoms with Gasteiger partial charge in [0.15, 0.2) is 15.0 Å². The van der Waals surface area contributed by atoms with Crippen LogP contribution in [-0.4, -0.2) is 51.4 Å². The molecule has 0 unspecified atom stereocenters. The van der Waals surface area contributed by atoms with Gasteiger partial charge in [-0.05, 0) is 67.4 Å². The van der Waals surface area contributed by atoms with Crippen molar-refractivity contribution in [2.24, 2.45) is 0 Å². The molecule has 2 aromatic carbocycles. The number of thiazole rings is 1. The SMILES string of the molecule is CS(=O)(=O)c1ccc2nc(N(Cc3ccco3)C(=O)c3ccc(S(=O)(=O)N4CCCCC4)cc3)sc2c1. The molecule has 194 valence electrons. The minimum absolute atomic E-state index is 0.0957. The van der Waals surface area contributed by atoms with E-state index in [1.807, 2.05) is 0 Å². The summed E-state index contributed by atoms with van der Waals surface area (Å²) in [5.41, 5.74) is 0.854. The molecule has 5 rings (SSSR count). The summed E-state index contributed by atoms with van der Waals surface area (Å²) < 4.78 is 57.5. The molecule has 0 bridgehead atoms. The van der Waals surface area contributed by atoms with Crippen LogP contribution in [0.4, 0.5) is 5.13 Å². The fourth-order valence-corrected chi connectivity index (χ4v) is 7.44. The standard InChI is InChI=1S/C25H25N3O6S3/c1-36(30,31)21-11-12-22-23(16-21)35-25(26-22)28(17-19-6-5-15-34-19)24(29)18-7-9-20(10-8-18)37(32,33)27-13-3-2-4-14-27/h5-12,15-16H,2-4,13-14,17H2,1H3. The first kappa shape index (κ1) is 25.6. The zero-order chi connectivity index (χ0) is 26.2. The summed E-state index contributed by atoms with van der Waals surface area (Å²) in [6, 6.07) is 14.0. The molecule has 0 N–H and O–H groups in total. The van der Waals surface area contributed by atoms with Crippen LogP contribution in [0.1, 0.15) is 35.4 Å². The molecule has 37 heavy (non-hydrogen) atoms. The van der Waals surface area contributed by atoms with Crippen molar-refractivity contribution in [3.63, 3.8) is 0 Å². The Bertz CT molecular complexity index is 1640. The van der Waals surface area contributed by atoms with E-state index in [0.29, 0.717) is 39.8 Å². The van der Waals surface area contributed by atoms with E-state index in [2.05, 4.69) is 4.98 Å². The number of carbonyl (C=O) groups is 1. The van der Waals surface area contributed by atoms with Gasteiger partial charge in [-0.1, -0.05) is 17.8 Å². The molecule has 4 aromatic rings. The van der Waals surface area contributed by atoms with Crippen LogP contribution >= 0.6 is 11.3 Å². The maximum atomic E-state index is 13.6. The number of sulfone groups is 1. The van der Waals surface area contributed by atoms with Gasteiger partial charge in [-0.15, -0.1) is 0 Å². The third-order valence-electron chi connectivity index (χ3n) is 6.20. The van der Waals surface area contributed by atoms with Crippen LogP contribution in [0.3, 0.4) is 0 Å². The van der Waals surface area contributed by atoms with Crippen molar-refractivity contribution in [2.75, 3.05) is 24.2 Å². The molecule has 2 aromatic heterocycles. The van der Waals surface area contributed by atoms with Crippen LogP contribution in [0.15, 0.2) is 75.1 Å². The number of anilines is 1. The summed E-state index contributed by atoms with van der Waals surface area (Å²) in [5, 5.41) is 0.368. The fraction of sp³-hybridized carbons (Fsp3) is 0.280. The Morgan fingerprint density at radius 3 is 2.35 bits per heavy atom. The summed E-state index contributed by atoms with van der Waals surface area (Å²) >= 11 is 1.19. The van der Waals surface area contributed by atoms with Gasteiger partial charge in [-0.2, -0.15) is 4.31 Å². The zero-order valence-electron chi connectivity index (χ0n) is 20.0. The number of piperidine rings is 1. The normalized spacial score (nSPS) is 15.2. The molecule has 0 atom stereocenters. The van der Waals surface area contributed by atoms with Gasteiger partial charge in [0.2, 0.25) is 10.0 Å². The van der Waals surface area contributed by atoms with Crippen LogP contribution in [0.2, 0.25) is 0 Å². The molecular weight excluding hydrogens is 534 g/mol. The van der Waals surface area contributed by atoms with Crippen molar-refractivity contribution < 1.29 is 26.0 Å². The lowest BCUT2D eigenvalue weighted by Gasteiger charge is -2.26. The molecule has 1 fully saturated rings. The van der Waals surface area contributed by atoms with Gasteiger partial charge in [0.25, 0.3) is 5.91 Å². The Balaban J connectivity index is 1.48. The third-order valence-corrected chi connectivity index (χ3v) is 10.3. The lowest BCUT2D eigenvalue weighted by atomic mass is 10.2. The number of hydrogen-bond donors (Lipinski definition) is 0. The lowest BCUT2D eigenvalue weighted by Crippen LogP contribution is -2.35. The highest BCUT2D eigenvalue weighted by Crippen LogP contribution is 2.33. The number of nitrogens with zero attached hydrogens (tertiary/aromatic N) is 3. The zero-order valence-corrected chi connectivity index (χ0v) is 22.5. The van der Waals surface area contributed by atoms with E-state index in [-0.39, 0.29) is 22.2 Å². The number of furan rings is 1. The van der Waals surface area contributed by atoms with Gasteiger partial charge < -0.3 is 4.42 Å². The quantitative estimate of drug-likeness (QED) is 0.331. The first-order valence-electron chi connectivity index (χ1n) is 11.7. The van der Waals surface area contributed by atoms with Gasteiger partial charge in [-0.3, -0.25) is 9.69 Å². The van der Waals surface area contributed by atoms with Crippen LogP contribution in [0.25, 0.3) is 10.2 Å². The summed E-state index contributed by atoms with van der Waals surface area (Å²) in [5.74, 6) is 0.148. The van der Waals surface area contributed by atoms with E-state index in [1.54, 1.807) is 24.3 Å². The maximum Gasteiger partial charge on any atom is 0.260 e. The number of carbonyl (C=O) groups excluding carboxylic acids is 1. The predicted octanol–water partition coefficient (Wildman–Crippen LogP) is 4.31. The molecule has 1 saturated heterocycles. The van der Waals surface area contributed by atoms with E-state index in [4.69, 9.17) is 4.42 Å². The number of aromatic nitrogens is 1. The summed E-state index contributed by atoms with van der Waals surface area (Å²) in [6.07, 6.45) is 5.34. The van der Waals surface area contributed by atoms with Crippen molar-refractivity contribution in [1.82, 2.24) is 9.29 Å². The van der Waals surface area contributed by atoms with Crippen molar-refractivity contribution in [2.45, 2.75) is 35.6 Å². The summed E-state index contributed by atoms with van der Waals surface area (Å²) in [4.78, 5) is 20.0. The number of rotatable bonds is 7. The molecule has 1 aliphatic heterocycles. The van der Waals surface area contributed by atoms with Crippen LogP contribution in [0.5, 0.6) is 0 Å². The molecule has 3 heterocycles. The summed E-state index contributed by atoms with van der Waals surface area (Å²) in [6.45, 7) is 1.09. The topological polar surface area (TPSA) is 118 Å². The number of benzene rings is 2. The monoisotopic (exact) mass is 559 g/mol. The molecular formula is C25H25N3O6S3. The van der Waals surface area contributed by atoms with Crippen molar-refractivity contribution in [1.29, 1.82) is 0 Å². The van der Waals surface area contributed by atoms with Crippen molar-refractivity contribution in [3.8, 4) is 0 Å². The van der Waals surface area contributed by atoms with Crippen LogP contribution in [-0.2, 0) is 26.4 Å². The number of amides is 1. The second-order valence-corrected chi connectivity index (χ2v) is 13.8. The van der Waals surface area contributed by atoms with E-state index in [9.17, 15) is 21.6 Å². The average molecular weight is 560 g/mol. The Morgan fingerprint density at radius 1 is 1.00 bits per heavy atom. The summed E-state index contributed by atoms with van der Waals surface area (Å²) in [7, 11) is -7.02. The number of fused-ring (bicyclic) bond motifs is 1. The Morgan fingerprint density at radius 2 is 1.70 bits per heavy atom. The van der Waals surface area contributed by atoms with E-state index in [0.717, 1.165) is 25.5 Å². The van der Waals surface area contributed by atoms with Crippen molar-refractivity contribution >= 4 is 52.5 Å². The second-order valence-electron chi connectivity index (χ2n) is 8.86. The molecule has 0 spiro atoms. The minimum Gasteiger partial charge on any atom is -0.467 e. The molecule has 1 amide bonds. The minimum atomic E-state index is -3.62. The average Bonchev–Trinajstić information content (AvgIpc) is 3.56. The number of hydrogen-bond acceptors (Lipinski definition) is 8. The fourth-order valence-electron chi connectivity index (χ4n) is 4.20. The molecule has 0 radical (unpaired) electrons. The van der Waals surface area contributed by atoms with E-state index < -0.39 is 19.9 Å². The Hall–Kier alpha value is -3.06. The van der Waals surface area contributed by atoms with Crippen LogP contribution in [0, 0.1) is 0 Å². The van der Waals surface area contributed by atoms with Gasteiger partial charge >= 0.3 is 0 Å². The van der Waals surface area contributed by atoms with Gasteiger partial charge in [0.1, 0.15) is 5.76 Å². The van der Waals surface area contributed by atoms with Gasteiger partial charge in [-0.25, -0.2) is 21.8 Å². The van der Waals surface area contributed by atoms with Crippen LogP contribution < -0.4 is 4.90 Å². The first-order valence-corrected chi connectivity index (χ1v) is 15.8. The first-order chi connectivity index (χ1) is 17.6. The van der Waals surface area contributed by atoms with Crippen molar-refractivity contribution in [3.05, 3.63) is 72.2 Å². The van der Waals surface area contributed by atoms with Gasteiger partial charge in [0, 0.05) is 24.9 Å². The lowest BCUT2D eigenvalue weighted by molar-refractivity contribution is 0.0983. The predicted molar refractivity (Wildman–Crippen MR) is 141 cm³/mol. The smallest absolute Gasteiger partial charge is 0.260 e. The Kier molecular flexibility index (Phi) is 6.92. The largest absolute Gasteiger partial charge is 0.467 e. The second kappa shape index (κ2) is 10.0.